The molecule has 1 N–H and O–H groups in total. The molecule has 10 heteroatoms. The zero-order valence-electron chi connectivity index (χ0n) is 24.2. The SMILES string of the molecule is CCN(CC)Cc1ccc(NC(=O)c2cnn3c2C(=O)N(c2ccc(C(F)(F)c4ccccc4)cc2)[C@@H](C)C3)cc1C#N. The first-order chi connectivity index (χ1) is 20.7. The molecule has 0 fully saturated rings. The maximum atomic E-state index is 15.1. The topological polar surface area (TPSA) is 94.3 Å². The molecule has 0 saturated heterocycles. The normalized spacial score (nSPS) is 14.9. The maximum absolute atomic E-state index is 15.1. The number of benzene rings is 3. The number of amides is 2. The molecule has 4 aromatic rings. The highest BCUT2D eigenvalue weighted by Crippen LogP contribution is 2.37. The van der Waals surface area contributed by atoms with Crippen LogP contribution in [-0.4, -0.2) is 45.6 Å². The zero-order chi connectivity index (χ0) is 30.7. The average Bonchev–Trinajstić information content (AvgIpc) is 3.45. The lowest BCUT2D eigenvalue weighted by atomic mass is 9.99. The Morgan fingerprint density at radius 3 is 2.40 bits per heavy atom. The molecule has 1 atom stereocenters. The molecule has 43 heavy (non-hydrogen) atoms. The zero-order valence-corrected chi connectivity index (χ0v) is 24.2. The van der Waals surface area contributed by atoms with Crippen LogP contribution in [-0.2, 0) is 19.0 Å². The highest BCUT2D eigenvalue weighted by Gasteiger charge is 2.37. The van der Waals surface area contributed by atoms with E-state index in [0.717, 1.165) is 18.7 Å². The average molecular weight is 583 g/mol. The summed E-state index contributed by atoms with van der Waals surface area (Å²) >= 11 is 0. The van der Waals surface area contributed by atoms with Gasteiger partial charge in [-0.05, 0) is 49.8 Å². The predicted octanol–water partition coefficient (Wildman–Crippen LogP) is 6.04. The summed E-state index contributed by atoms with van der Waals surface area (Å²) < 4.78 is 31.7. The van der Waals surface area contributed by atoms with Crippen LogP contribution >= 0.6 is 0 Å². The molecular formula is C33H32F2N6O2. The number of aromatic nitrogens is 2. The summed E-state index contributed by atoms with van der Waals surface area (Å²) in [6.45, 7) is 8.57. The molecule has 2 heterocycles. The van der Waals surface area contributed by atoms with Gasteiger partial charge < -0.3 is 10.2 Å². The van der Waals surface area contributed by atoms with Crippen molar-refractivity contribution >= 4 is 23.2 Å². The Hall–Kier alpha value is -4.88. The molecule has 0 spiro atoms. The molecule has 8 nitrogen and oxygen atoms in total. The van der Waals surface area contributed by atoms with E-state index in [1.165, 1.54) is 52.2 Å². The third-order valence-corrected chi connectivity index (χ3v) is 7.80. The molecule has 0 radical (unpaired) electrons. The fourth-order valence-electron chi connectivity index (χ4n) is 5.36. The van der Waals surface area contributed by atoms with Crippen molar-refractivity contribution in [3.8, 4) is 6.07 Å². The third kappa shape index (κ3) is 5.76. The Morgan fingerprint density at radius 2 is 1.74 bits per heavy atom. The first-order valence-corrected chi connectivity index (χ1v) is 14.2. The molecule has 220 valence electrons. The second-order valence-electron chi connectivity index (χ2n) is 10.5. The summed E-state index contributed by atoms with van der Waals surface area (Å²) in [4.78, 5) is 30.8. The number of nitrogens with one attached hydrogen (secondary N) is 1. The van der Waals surface area contributed by atoms with Gasteiger partial charge in [-0.3, -0.25) is 19.2 Å². The second kappa shape index (κ2) is 12.2. The van der Waals surface area contributed by atoms with Gasteiger partial charge in [0.15, 0.2) is 0 Å². The van der Waals surface area contributed by atoms with Crippen LogP contribution in [0.1, 0.15) is 63.9 Å². The van der Waals surface area contributed by atoms with E-state index in [-0.39, 0.29) is 28.4 Å². The highest BCUT2D eigenvalue weighted by atomic mass is 19.3. The van der Waals surface area contributed by atoms with Gasteiger partial charge in [-0.2, -0.15) is 19.1 Å². The maximum Gasteiger partial charge on any atom is 0.298 e. The molecule has 1 aliphatic heterocycles. The molecule has 5 rings (SSSR count). The number of fused-ring (bicyclic) bond motifs is 1. The summed E-state index contributed by atoms with van der Waals surface area (Å²) in [7, 11) is 0. The molecule has 3 aromatic carbocycles. The fourth-order valence-corrected chi connectivity index (χ4v) is 5.36. The van der Waals surface area contributed by atoms with Crippen molar-refractivity contribution < 1.29 is 18.4 Å². The molecular weight excluding hydrogens is 550 g/mol. The van der Waals surface area contributed by atoms with Crippen LogP contribution in [0, 0.1) is 11.3 Å². The lowest BCUT2D eigenvalue weighted by Crippen LogP contribution is -2.47. The largest absolute Gasteiger partial charge is 0.322 e. The Bertz CT molecular complexity index is 1670. The molecule has 1 aromatic heterocycles. The summed E-state index contributed by atoms with van der Waals surface area (Å²) in [6, 6.07) is 20.2. The van der Waals surface area contributed by atoms with Gasteiger partial charge in [-0.15, -0.1) is 0 Å². The quantitative estimate of drug-likeness (QED) is 0.260. The molecule has 2 amide bonds. The summed E-state index contributed by atoms with van der Waals surface area (Å²) in [5.41, 5.74) is 2.06. The van der Waals surface area contributed by atoms with Crippen LogP contribution in [0.2, 0.25) is 0 Å². The van der Waals surface area contributed by atoms with Crippen molar-refractivity contribution in [2.45, 2.75) is 45.8 Å². The van der Waals surface area contributed by atoms with Gasteiger partial charge >= 0.3 is 0 Å². The standard InChI is InChI=1S/C33H32F2N6O2/c1-4-39(5-2)21-23-11-14-27(17-24(23)18-36)38-31(42)29-19-37-40-20-22(3)41(32(43)30(29)40)28-15-12-26(13-16-28)33(34,35)25-9-7-6-8-10-25/h6-17,19,22H,4-5,20-21H2,1-3H3,(H,38,42)/t22-/m0/s1. The summed E-state index contributed by atoms with van der Waals surface area (Å²) in [5.74, 6) is -4.20. The monoisotopic (exact) mass is 582 g/mol. The van der Waals surface area contributed by atoms with E-state index in [1.54, 1.807) is 30.3 Å². The van der Waals surface area contributed by atoms with Gasteiger partial charge in [0, 0.05) is 29.0 Å². The van der Waals surface area contributed by atoms with Gasteiger partial charge in [-0.1, -0.05) is 62.4 Å². The molecule has 0 saturated carbocycles. The number of carbonyl (C=O) groups excluding carboxylic acids is 2. The number of halogens is 2. The van der Waals surface area contributed by atoms with Crippen LogP contribution in [0.4, 0.5) is 20.2 Å². The van der Waals surface area contributed by atoms with E-state index in [0.29, 0.717) is 30.0 Å². The molecule has 1 aliphatic rings. The van der Waals surface area contributed by atoms with Gasteiger partial charge in [0.2, 0.25) is 0 Å². The first-order valence-electron chi connectivity index (χ1n) is 14.2. The summed E-state index contributed by atoms with van der Waals surface area (Å²) in [6.07, 6.45) is 1.35. The Kier molecular flexibility index (Phi) is 8.37. The number of alkyl halides is 2. The van der Waals surface area contributed by atoms with Crippen LogP contribution in [0.3, 0.4) is 0 Å². The van der Waals surface area contributed by atoms with Gasteiger partial charge in [-0.25, -0.2) is 0 Å². The van der Waals surface area contributed by atoms with Crippen molar-refractivity contribution in [3.05, 3.63) is 113 Å². The lowest BCUT2D eigenvalue weighted by Gasteiger charge is -2.34. The minimum Gasteiger partial charge on any atom is -0.322 e. The minimum atomic E-state index is -3.20. The van der Waals surface area contributed by atoms with Crippen LogP contribution in [0.15, 0.2) is 79.0 Å². The predicted molar refractivity (Wildman–Crippen MR) is 160 cm³/mol. The van der Waals surface area contributed by atoms with Crippen molar-refractivity contribution in [3.63, 3.8) is 0 Å². The van der Waals surface area contributed by atoms with Crippen molar-refractivity contribution in [1.82, 2.24) is 14.7 Å². The molecule has 0 bridgehead atoms. The van der Waals surface area contributed by atoms with Crippen LogP contribution < -0.4 is 10.2 Å². The lowest BCUT2D eigenvalue weighted by molar-refractivity contribution is 0.0428. The number of anilines is 2. The number of hydrogen-bond donors (Lipinski definition) is 1. The number of rotatable bonds is 9. The molecule has 0 unspecified atom stereocenters. The van der Waals surface area contributed by atoms with E-state index >= 15 is 8.78 Å². The smallest absolute Gasteiger partial charge is 0.298 e. The summed E-state index contributed by atoms with van der Waals surface area (Å²) in [5, 5.41) is 16.8. The van der Waals surface area contributed by atoms with E-state index in [9.17, 15) is 14.9 Å². The number of hydrogen-bond acceptors (Lipinski definition) is 5. The number of nitrogens with zero attached hydrogens (tertiary/aromatic N) is 5. The van der Waals surface area contributed by atoms with E-state index < -0.39 is 17.7 Å². The van der Waals surface area contributed by atoms with E-state index in [4.69, 9.17) is 0 Å². The molecule has 0 aliphatic carbocycles. The third-order valence-electron chi connectivity index (χ3n) is 7.80. The van der Waals surface area contributed by atoms with E-state index in [2.05, 4.69) is 35.2 Å². The Labute approximate surface area is 249 Å². The first kappa shape index (κ1) is 29.6. The second-order valence-corrected chi connectivity index (χ2v) is 10.5. The Balaban J connectivity index is 1.37. The van der Waals surface area contributed by atoms with Gasteiger partial charge in [0.25, 0.3) is 17.7 Å². The number of nitriles is 1. The van der Waals surface area contributed by atoms with Crippen molar-refractivity contribution in [1.29, 1.82) is 5.26 Å². The van der Waals surface area contributed by atoms with Crippen LogP contribution in [0.5, 0.6) is 0 Å². The number of carbonyl (C=O) groups is 2. The van der Waals surface area contributed by atoms with Gasteiger partial charge in [0.1, 0.15) is 5.69 Å². The highest BCUT2D eigenvalue weighted by molar-refractivity contribution is 6.15. The minimum absolute atomic E-state index is 0.0832. The van der Waals surface area contributed by atoms with Gasteiger partial charge in [0.05, 0.1) is 36.0 Å². The Morgan fingerprint density at radius 1 is 1.07 bits per heavy atom. The fraction of sp³-hybridized carbons (Fsp3) is 0.273. The van der Waals surface area contributed by atoms with Crippen LogP contribution in [0.25, 0.3) is 0 Å². The van der Waals surface area contributed by atoms with Crippen molar-refractivity contribution in [2.75, 3.05) is 23.3 Å². The van der Waals surface area contributed by atoms with Crippen molar-refractivity contribution in [2.24, 2.45) is 0 Å². The van der Waals surface area contributed by atoms with E-state index in [1.807, 2.05) is 13.0 Å².